The van der Waals surface area contributed by atoms with Gasteiger partial charge in [-0.1, -0.05) is 13.8 Å². The zero-order valence-electron chi connectivity index (χ0n) is 28.8. The van der Waals surface area contributed by atoms with Crippen LogP contribution in [0.4, 0.5) is 0 Å². The predicted octanol–water partition coefficient (Wildman–Crippen LogP) is 0.555. The third kappa shape index (κ3) is 5.59. The Bertz CT molecular complexity index is 1450. The van der Waals surface area contributed by atoms with E-state index in [1.165, 1.54) is 32.4 Å². The average Bonchev–Trinajstić information content (AvgIpc) is 3.58. The van der Waals surface area contributed by atoms with Crippen LogP contribution in [0.5, 0.6) is 0 Å². The number of furan rings is 1. The number of aliphatic carboxylic acids is 2. The lowest BCUT2D eigenvalue weighted by Crippen LogP contribution is -2.72. The summed E-state index contributed by atoms with van der Waals surface area (Å²) in [5.41, 5.74) is -7.74. The molecule has 2 saturated heterocycles. The molecule has 0 radical (unpaired) electrons. The molecule has 14 atom stereocenters. The minimum absolute atomic E-state index is 0.0472. The van der Waals surface area contributed by atoms with Crippen LogP contribution in [0.15, 0.2) is 23.0 Å². The number of aliphatic hydroxyl groups excluding tert-OH is 4. The molecule has 16 heteroatoms. The lowest BCUT2D eigenvalue weighted by atomic mass is 9.37. The zero-order chi connectivity index (χ0) is 37.4. The van der Waals surface area contributed by atoms with E-state index in [1.807, 2.05) is 0 Å². The van der Waals surface area contributed by atoms with E-state index in [1.54, 1.807) is 20.8 Å². The van der Waals surface area contributed by atoms with E-state index in [0.29, 0.717) is 5.56 Å². The average molecular weight is 713 g/mol. The third-order valence-corrected chi connectivity index (χ3v) is 12.3. The Morgan fingerprint density at radius 3 is 2.24 bits per heavy atom. The topological polar surface area (TPSA) is 263 Å². The highest BCUT2D eigenvalue weighted by atomic mass is 16.7. The Balaban J connectivity index is 1.70. The van der Waals surface area contributed by atoms with Crippen LogP contribution in [0.3, 0.4) is 0 Å². The van der Waals surface area contributed by atoms with Gasteiger partial charge in [0.15, 0.2) is 12.4 Å². The second-order valence-electron chi connectivity index (χ2n) is 15.4. The van der Waals surface area contributed by atoms with Gasteiger partial charge in [-0.2, -0.15) is 0 Å². The number of esters is 1. The van der Waals surface area contributed by atoms with Crippen LogP contribution in [-0.4, -0.2) is 120 Å². The first kappa shape index (κ1) is 38.3. The SMILES string of the molecule is CC(=O)O[C@H](CC(=O)O)[C@]1(C)[C@H]2CC[C@@](C)([C@@H](O[C@H]3O[C@H](CO)[C@H](O)[C@@H](O)[C@H]3O)c3ccoc3)[C@@]3(O[C@@H]3C(=O)O)[C@]2(C)C(=O)C[C@H]1C(C)(C)O. The summed E-state index contributed by atoms with van der Waals surface area (Å²) in [6.45, 7) is 8.24. The molecule has 4 fully saturated rings. The van der Waals surface area contributed by atoms with Crippen molar-refractivity contribution in [3.05, 3.63) is 24.2 Å². The number of ether oxygens (including phenoxy) is 4. The minimum atomic E-state index is -1.88. The molecule has 0 amide bonds. The highest BCUT2D eigenvalue weighted by molar-refractivity contribution is 5.92. The van der Waals surface area contributed by atoms with Crippen LogP contribution in [0.1, 0.15) is 78.9 Å². The highest BCUT2D eigenvalue weighted by Crippen LogP contribution is 2.77. The Morgan fingerprint density at radius 2 is 1.74 bits per heavy atom. The maximum Gasteiger partial charge on any atom is 0.335 e. The number of carboxylic acid groups (broad SMARTS) is 2. The van der Waals surface area contributed by atoms with Crippen molar-refractivity contribution in [1.82, 2.24) is 0 Å². The van der Waals surface area contributed by atoms with E-state index in [0.717, 1.165) is 6.92 Å². The number of hydrogen-bond acceptors (Lipinski definition) is 14. The minimum Gasteiger partial charge on any atom is -0.481 e. The summed E-state index contributed by atoms with van der Waals surface area (Å²) >= 11 is 0. The quantitative estimate of drug-likeness (QED) is 0.122. The van der Waals surface area contributed by atoms with E-state index >= 15 is 0 Å². The summed E-state index contributed by atoms with van der Waals surface area (Å²) in [5, 5.41) is 73.6. The number of epoxide rings is 1. The van der Waals surface area contributed by atoms with Gasteiger partial charge in [0.25, 0.3) is 0 Å². The molecule has 4 aliphatic rings. The standard InChI is InChI=1S/C34H48O16/c1-15(36)47-21(12-22(38)39)32(5)18-7-9-31(4,34(27(50-34)28(43)44)33(18,6)20(37)11-19(32)30(2,3)45)26(16-8-10-46-14-16)49-29-25(42)24(41)23(40)17(13-35)48-29/h8,10,14,17-19,21,23-27,29,35,40-42,45H,7,9,11-13H2,1-6H3,(H,38,39)(H,43,44)/t17-,18-,19+,21-,23+,24-,25-,26+,27-,29-,31+,32-,33+,34-/m1/s1. The van der Waals surface area contributed by atoms with Crippen molar-refractivity contribution in [2.75, 3.05) is 6.61 Å². The maximum atomic E-state index is 14.8. The molecule has 16 nitrogen and oxygen atoms in total. The largest absolute Gasteiger partial charge is 0.481 e. The van der Waals surface area contributed by atoms with E-state index in [9.17, 15) is 54.9 Å². The number of carbonyl (C=O) groups excluding carboxylic acids is 2. The smallest absolute Gasteiger partial charge is 0.335 e. The van der Waals surface area contributed by atoms with Gasteiger partial charge in [-0.25, -0.2) is 4.79 Å². The van der Waals surface area contributed by atoms with Gasteiger partial charge in [0.1, 0.15) is 41.9 Å². The van der Waals surface area contributed by atoms with Crippen molar-refractivity contribution < 1.29 is 78.3 Å². The molecule has 1 aromatic rings. The van der Waals surface area contributed by atoms with Crippen LogP contribution in [0, 0.1) is 28.1 Å². The number of aliphatic hydroxyl groups is 5. The number of rotatable bonds is 11. The van der Waals surface area contributed by atoms with Crippen molar-refractivity contribution >= 4 is 23.7 Å². The summed E-state index contributed by atoms with van der Waals surface area (Å²) in [6, 6.07) is 1.53. The number of hydrogen-bond donors (Lipinski definition) is 7. The monoisotopic (exact) mass is 712 g/mol. The van der Waals surface area contributed by atoms with E-state index in [4.69, 9.17) is 23.4 Å². The number of fused-ring (bicyclic) bond motifs is 2. The number of ketones is 1. The number of carboxylic acids is 2. The van der Waals surface area contributed by atoms with Gasteiger partial charge in [0, 0.05) is 35.7 Å². The molecule has 280 valence electrons. The van der Waals surface area contributed by atoms with Crippen molar-refractivity contribution in [3.63, 3.8) is 0 Å². The van der Waals surface area contributed by atoms with Crippen LogP contribution < -0.4 is 0 Å². The molecule has 5 rings (SSSR count). The van der Waals surface area contributed by atoms with Gasteiger partial charge in [-0.3, -0.25) is 14.4 Å². The van der Waals surface area contributed by atoms with E-state index in [-0.39, 0.29) is 19.3 Å². The maximum absolute atomic E-state index is 14.8. The van der Waals surface area contributed by atoms with Gasteiger partial charge in [0.2, 0.25) is 0 Å². The van der Waals surface area contributed by atoms with E-state index < -0.39 is 125 Å². The summed E-state index contributed by atoms with van der Waals surface area (Å²) in [7, 11) is 0. The van der Waals surface area contributed by atoms with Gasteiger partial charge < -0.3 is 59.1 Å². The van der Waals surface area contributed by atoms with Gasteiger partial charge in [-0.15, -0.1) is 0 Å². The Morgan fingerprint density at radius 1 is 1.08 bits per heavy atom. The molecular formula is C34H48O16. The van der Waals surface area contributed by atoms with Crippen molar-refractivity contribution in [1.29, 1.82) is 0 Å². The first-order chi connectivity index (χ1) is 23.1. The molecule has 50 heavy (non-hydrogen) atoms. The molecule has 7 N–H and O–H groups in total. The summed E-state index contributed by atoms with van der Waals surface area (Å²) < 4.78 is 29.4. The van der Waals surface area contributed by atoms with Crippen LogP contribution in [0.2, 0.25) is 0 Å². The summed E-state index contributed by atoms with van der Waals surface area (Å²) in [6.07, 6.45) is -10.7. The Hall–Kier alpha value is -2.96. The molecule has 0 unspecified atom stereocenters. The second-order valence-corrected chi connectivity index (χ2v) is 15.4. The normalized spacial score (nSPS) is 42.7. The van der Waals surface area contributed by atoms with Crippen molar-refractivity contribution in [2.45, 2.75) is 127 Å². The van der Waals surface area contributed by atoms with Gasteiger partial charge in [-0.05, 0) is 45.6 Å². The molecule has 2 saturated carbocycles. The summed E-state index contributed by atoms with van der Waals surface area (Å²) in [5.74, 6) is -5.77. The zero-order valence-corrected chi connectivity index (χ0v) is 28.8. The number of Topliss-reactive ketones (excluding diaryl/α,β-unsaturated/α-hetero) is 1. The molecular weight excluding hydrogens is 664 g/mol. The lowest BCUT2D eigenvalue weighted by Gasteiger charge is -2.66. The van der Waals surface area contributed by atoms with Gasteiger partial charge >= 0.3 is 17.9 Å². The second kappa shape index (κ2) is 12.9. The molecule has 0 bridgehead atoms. The fourth-order valence-corrected chi connectivity index (χ4v) is 10.0. The number of carbonyl (C=O) groups is 4. The molecule has 1 spiro atoms. The van der Waals surface area contributed by atoms with Gasteiger partial charge in [0.05, 0.1) is 42.7 Å². The van der Waals surface area contributed by atoms with Crippen LogP contribution in [0.25, 0.3) is 0 Å². The van der Waals surface area contributed by atoms with Crippen molar-refractivity contribution in [2.24, 2.45) is 28.1 Å². The first-order valence-corrected chi connectivity index (χ1v) is 16.7. The third-order valence-electron chi connectivity index (χ3n) is 12.3. The molecule has 1 aromatic heterocycles. The van der Waals surface area contributed by atoms with Crippen molar-refractivity contribution in [3.8, 4) is 0 Å². The predicted molar refractivity (Wildman–Crippen MR) is 166 cm³/mol. The molecule has 2 aliphatic carbocycles. The fraction of sp³-hybridized carbons (Fsp3) is 0.765. The summed E-state index contributed by atoms with van der Waals surface area (Å²) in [4.78, 5) is 52.3. The molecule has 2 aliphatic heterocycles. The molecule has 3 heterocycles. The Kier molecular flexibility index (Phi) is 9.89. The van der Waals surface area contributed by atoms with E-state index in [2.05, 4.69) is 0 Å². The first-order valence-electron chi connectivity index (χ1n) is 16.7. The Labute approximate surface area is 288 Å². The highest BCUT2D eigenvalue weighted by Gasteiger charge is 2.86. The lowest BCUT2D eigenvalue weighted by molar-refractivity contribution is -0.329. The fourth-order valence-electron chi connectivity index (χ4n) is 10.0. The molecule has 0 aromatic carbocycles. The van der Waals surface area contributed by atoms with Crippen LogP contribution in [-0.2, 0) is 38.1 Å². The van der Waals surface area contributed by atoms with Crippen LogP contribution >= 0.6 is 0 Å².